The van der Waals surface area contributed by atoms with Crippen molar-refractivity contribution in [2.24, 2.45) is 11.1 Å². The summed E-state index contributed by atoms with van der Waals surface area (Å²) < 4.78 is 0. The Kier molecular flexibility index (Phi) is 4.93. The first kappa shape index (κ1) is 14.0. The monoisotopic (exact) mass is 242 g/mol. The minimum absolute atomic E-state index is 0.0160. The highest BCUT2D eigenvalue weighted by Crippen LogP contribution is 2.42. The second-order valence-corrected chi connectivity index (χ2v) is 5.01. The van der Waals surface area contributed by atoms with Crippen LogP contribution in [0.25, 0.3) is 0 Å². The zero-order valence-electron chi connectivity index (χ0n) is 10.4. The summed E-state index contributed by atoms with van der Waals surface area (Å²) in [6.07, 6.45) is 4.20. The number of nitrogens with two attached hydrogens (primary N) is 1. The van der Waals surface area contributed by atoms with Crippen LogP contribution in [0.15, 0.2) is 0 Å². The van der Waals surface area contributed by atoms with Crippen LogP contribution in [0.1, 0.15) is 45.4 Å². The van der Waals surface area contributed by atoms with E-state index in [-0.39, 0.29) is 23.8 Å². The normalized spacial score (nSPS) is 19.2. The lowest BCUT2D eigenvalue weighted by Gasteiger charge is -2.40. The maximum Gasteiger partial charge on any atom is 0.305 e. The molecule has 0 aromatic carbocycles. The van der Waals surface area contributed by atoms with Gasteiger partial charge in [0.15, 0.2) is 0 Å². The van der Waals surface area contributed by atoms with Crippen LogP contribution in [0.5, 0.6) is 0 Å². The van der Waals surface area contributed by atoms with Gasteiger partial charge in [0.25, 0.3) is 0 Å². The summed E-state index contributed by atoms with van der Waals surface area (Å²) in [5.74, 6) is -0.947. The van der Waals surface area contributed by atoms with Gasteiger partial charge in [-0.05, 0) is 31.2 Å². The van der Waals surface area contributed by atoms with Gasteiger partial charge in [0.1, 0.15) is 0 Å². The van der Waals surface area contributed by atoms with Gasteiger partial charge >= 0.3 is 5.97 Å². The maximum atomic E-state index is 11.8. The zero-order valence-corrected chi connectivity index (χ0v) is 10.4. The predicted octanol–water partition coefficient (Wildman–Crippen LogP) is 0.875. The fraction of sp³-hybridized carbons (Fsp3) is 0.833. The molecule has 4 N–H and O–H groups in total. The molecule has 17 heavy (non-hydrogen) atoms. The number of nitrogens with one attached hydrogen (secondary N) is 1. The van der Waals surface area contributed by atoms with Gasteiger partial charge in [0, 0.05) is 12.5 Å². The number of amides is 1. The summed E-state index contributed by atoms with van der Waals surface area (Å²) in [6, 6.07) is -0.269. The van der Waals surface area contributed by atoms with E-state index in [4.69, 9.17) is 10.8 Å². The van der Waals surface area contributed by atoms with Crippen LogP contribution in [0.2, 0.25) is 0 Å². The molecule has 1 unspecified atom stereocenters. The lowest BCUT2D eigenvalue weighted by Crippen LogP contribution is -2.44. The number of hydrogen-bond donors (Lipinski definition) is 3. The third kappa shape index (κ3) is 4.00. The van der Waals surface area contributed by atoms with Crippen molar-refractivity contribution in [2.45, 2.75) is 51.5 Å². The lowest BCUT2D eigenvalue weighted by atomic mass is 9.66. The first-order chi connectivity index (χ1) is 8.01. The quantitative estimate of drug-likeness (QED) is 0.617. The summed E-state index contributed by atoms with van der Waals surface area (Å²) in [5, 5.41) is 11.5. The minimum atomic E-state index is -0.880. The van der Waals surface area contributed by atoms with Crippen molar-refractivity contribution < 1.29 is 14.7 Å². The van der Waals surface area contributed by atoms with Crippen LogP contribution in [-0.2, 0) is 9.59 Å². The summed E-state index contributed by atoms with van der Waals surface area (Å²) in [4.78, 5) is 22.4. The van der Waals surface area contributed by atoms with Gasteiger partial charge in [-0.1, -0.05) is 13.3 Å². The molecule has 0 heterocycles. The van der Waals surface area contributed by atoms with Gasteiger partial charge in [-0.15, -0.1) is 0 Å². The van der Waals surface area contributed by atoms with E-state index >= 15 is 0 Å². The molecule has 5 nitrogen and oxygen atoms in total. The molecule has 1 saturated carbocycles. The Hall–Kier alpha value is -1.10. The number of hydrogen-bond acceptors (Lipinski definition) is 3. The fourth-order valence-corrected chi connectivity index (χ4v) is 2.26. The van der Waals surface area contributed by atoms with Gasteiger partial charge < -0.3 is 16.2 Å². The Morgan fingerprint density at radius 3 is 2.47 bits per heavy atom. The van der Waals surface area contributed by atoms with E-state index in [9.17, 15) is 9.59 Å². The molecule has 0 aromatic heterocycles. The zero-order chi connectivity index (χ0) is 12.9. The molecule has 5 heteroatoms. The van der Waals surface area contributed by atoms with E-state index in [2.05, 4.69) is 5.32 Å². The molecule has 1 amide bonds. The number of aliphatic carboxylic acids is 1. The van der Waals surface area contributed by atoms with Crippen LogP contribution in [0, 0.1) is 5.41 Å². The van der Waals surface area contributed by atoms with Gasteiger partial charge in [0.2, 0.25) is 5.91 Å². The summed E-state index contributed by atoms with van der Waals surface area (Å²) in [7, 11) is 0. The van der Waals surface area contributed by atoms with E-state index in [1.165, 1.54) is 0 Å². The molecule has 0 saturated heterocycles. The van der Waals surface area contributed by atoms with Gasteiger partial charge in [0.05, 0.1) is 6.42 Å². The highest BCUT2D eigenvalue weighted by molar-refractivity contribution is 5.78. The molecule has 0 bridgehead atoms. The van der Waals surface area contributed by atoms with Gasteiger partial charge in [-0.2, -0.15) is 0 Å². The molecule has 1 aliphatic rings. The SMILES string of the molecule is CCC(CC(=O)O)NC(=O)CC1(CN)CCC1. The Balaban J connectivity index is 2.39. The van der Waals surface area contributed by atoms with Gasteiger partial charge in [-0.3, -0.25) is 9.59 Å². The molecule has 1 aliphatic carbocycles. The van der Waals surface area contributed by atoms with Crippen molar-refractivity contribution in [1.29, 1.82) is 0 Å². The molecular formula is C12H22N2O3. The van der Waals surface area contributed by atoms with Crippen molar-refractivity contribution in [3.63, 3.8) is 0 Å². The van der Waals surface area contributed by atoms with Crippen molar-refractivity contribution >= 4 is 11.9 Å². The topological polar surface area (TPSA) is 92.4 Å². The van der Waals surface area contributed by atoms with Crippen molar-refractivity contribution in [1.82, 2.24) is 5.32 Å². The molecular weight excluding hydrogens is 220 g/mol. The van der Waals surface area contributed by atoms with E-state index in [0.29, 0.717) is 19.4 Å². The molecule has 98 valence electrons. The number of carbonyl (C=O) groups is 2. The third-order valence-electron chi connectivity index (χ3n) is 3.66. The largest absolute Gasteiger partial charge is 0.481 e. The summed E-state index contributed by atoms with van der Waals surface area (Å²) in [5.41, 5.74) is 5.66. The number of rotatable bonds is 7. The maximum absolute atomic E-state index is 11.8. The highest BCUT2D eigenvalue weighted by Gasteiger charge is 2.37. The lowest BCUT2D eigenvalue weighted by molar-refractivity contribution is -0.137. The minimum Gasteiger partial charge on any atom is -0.481 e. The van der Waals surface area contributed by atoms with Gasteiger partial charge in [-0.25, -0.2) is 0 Å². The molecule has 1 rings (SSSR count). The molecule has 0 aliphatic heterocycles. The molecule has 0 aromatic rings. The standard InChI is InChI=1S/C12H22N2O3/c1-2-9(6-11(16)17)14-10(15)7-12(8-13)4-3-5-12/h9H,2-8,13H2,1H3,(H,14,15)(H,16,17). The Morgan fingerprint density at radius 1 is 1.47 bits per heavy atom. The number of carboxylic acid groups (broad SMARTS) is 1. The van der Waals surface area contributed by atoms with Crippen LogP contribution in [0.3, 0.4) is 0 Å². The average molecular weight is 242 g/mol. The Morgan fingerprint density at radius 2 is 2.12 bits per heavy atom. The Labute approximate surface area is 102 Å². The smallest absolute Gasteiger partial charge is 0.305 e. The second-order valence-electron chi connectivity index (χ2n) is 5.01. The van der Waals surface area contributed by atoms with E-state index in [1.54, 1.807) is 0 Å². The van der Waals surface area contributed by atoms with Crippen LogP contribution in [0.4, 0.5) is 0 Å². The van der Waals surface area contributed by atoms with Crippen LogP contribution in [-0.4, -0.2) is 29.6 Å². The predicted molar refractivity (Wildman–Crippen MR) is 64.4 cm³/mol. The molecule has 0 radical (unpaired) electrons. The summed E-state index contributed by atoms with van der Waals surface area (Å²) >= 11 is 0. The second kappa shape index (κ2) is 6.00. The Bertz CT molecular complexity index is 282. The molecule has 1 atom stereocenters. The van der Waals surface area contributed by atoms with E-state index in [0.717, 1.165) is 19.3 Å². The van der Waals surface area contributed by atoms with Crippen molar-refractivity contribution in [2.75, 3.05) is 6.54 Å². The fourth-order valence-electron chi connectivity index (χ4n) is 2.26. The molecule has 0 spiro atoms. The van der Waals surface area contributed by atoms with Crippen LogP contribution >= 0.6 is 0 Å². The number of carbonyl (C=O) groups excluding carboxylic acids is 1. The highest BCUT2D eigenvalue weighted by atomic mass is 16.4. The van der Waals surface area contributed by atoms with E-state index < -0.39 is 5.97 Å². The van der Waals surface area contributed by atoms with E-state index in [1.807, 2.05) is 6.92 Å². The van der Waals surface area contributed by atoms with Crippen molar-refractivity contribution in [3.05, 3.63) is 0 Å². The third-order valence-corrected chi connectivity index (χ3v) is 3.66. The molecule has 1 fully saturated rings. The first-order valence-electron chi connectivity index (χ1n) is 6.22. The van der Waals surface area contributed by atoms with Crippen LogP contribution < -0.4 is 11.1 Å². The first-order valence-corrected chi connectivity index (χ1v) is 6.22. The summed E-state index contributed by atoms with van der Waals surface area (Å²) in [6.45, 7) is 2.41. The average Bonchev–Trinajstić information content (AvgIpc) is 2.21. The number of carboxylic acids is 1. The van der Waals surface area contributed by atoms with Crippen molar-refractivity contribution in [3.8, 4) is 0 Å².